The standard InChI is InChI=1S/C32H41N3O7S/c1-7-8-18-33-32(37)24(3)34(21-25-10-9-11-27(19-25)40-4)31(36)22-35(26-14-17-29(41-5)30(20-26)42-6)43(38,39)28-15-12-23(2)13-16-28/h9-17,19-20,24H,7-8,18,21-22H2,1-6H3,(H,33,37). The van der Waals surface area contributed by atoms with E-state index in [1.807, 2.05) is 19.9 Å². The molecule has 0 spiro atoms. The minimum Gasteiger partial charge on any atom is -0.497 e. The van der Waals surface area contributed by atoms with Gasteiger partial charge in [-0.3, -0.25) is 13.9 Å². The number of ether oxygens (including phenoxy) is 3. The number of nitrogens with one attached hydrogen (secondary N) is 1. The van der Waals surface area contributed by atoms with E-state index in [4.69, 9.17) is 14.2 Å². The van der Waals surface area contributed by atoms with Gasteiger partial charge in [0.1, 0.15) is 18.3 Å². The first kappa shape index (κ1) is 33.3. The number of rotatable bonds is 15. The zero-order valence-electron chi connectivity index (χ0n) is 25.6. The molecule has 0 aliphatic heterocycles. The minimum absolute atomic E-state index is 0.0189. The maximum absolute atomic E-state index is 14.1. The number of unbranched alkanes of at least 4 members (excludes halogenated alkanes) is 1. The molecule has 1 atom stereocenters. The molecule has 0 fully saturated rings. The van der Waals surface area contributed by atoms with Crippen molar-refractivity contribution in [3.8, 4) is 17.2 Å². The topological polar surface area (TPSA) is 114 Å². The van der Waals surface area contributed by atoms with Gasteiger partial charge in [-0.2, -0.15) is 0 Å². The molecule has 43 heavy (non-hydrogen) atoms. The fraction of sp³-hybridized carbons (Fsp3) is 0.375. The molecule has 1 unspecified atom stereocenters. The van der Waals surface area contributed by atoms with Crippen LogP contribution in [-0.4, -0.2) is 65.6 Å². The van der Waals surface area contributed by atoms with Crippen molar-refractivity contribution in [3.63, 3.8) is 0 Å². The van der Waals surface area contributed by atoms with Crippen LogP contribution in [0, 0.1) is 6.92 Å². The Kier molecular flexibility index (Phi) is 11.8. The molecule has 3 rings (SSSR count). The molecule has 11 heteroatoms. The molecule has 3 aromatic carbocycles. The first-order valence-corrected chi connectivity index (χ1v) is 15.5. The summed E-state index contributed by atoms with van der Waals surface area (Å²) in [6, 6.07) is 17.3. The van der Waals surface area contributed by atoms with E-state index in [0.29, 0.717) is 23.8 Å². The molecule has 1 N–H and O–H groups in total. The Morgan fingerprint density at radius 2 is 1.60 bits per heavy atom. The molecule has 0 saturated carbocycles. The Morgan fingerprint density at radius 1 is 0.907 bits per heavy atom. The van der Waals surface area contributed by atoms with Gasteiger partial charge >= 0.3 is 0 Å². The van der Waals surface area contributed by atoms with Crippen molar-refractivity contribution < 1.29 is 32.2 Å². The molecule has 0 heterocycles. The summed E-state index contributed by atoms with van der Waals surface area (Å²) in [7, 11) is 0.244. The van der Waals surface area contributed by atoms with Gasteiger partial charge in [-0.05, 0) is 62.2 Å². The number of carbonyl (C=O) groups excluding carboxylic acids is 2. The SMILES string of the molecule is CCCCNC(=O)C(C)N(Cc1cccc(OC)c1)C(=O)CN(c1ccc(OC)c(OC)c1)S(=O)(=O)c1ccc(C)cc1. The highest BCUT2D eigenvalue weighted by molar-refractivity contribution is 7.92. The number of aryl methyl sites for hydroxylation is 1. The van der Waals surface area contributed by atoms with E-state index in [-0.39, 0.29) is 23.0 Å². The number of hydrogen-bond donors (Lipinski definition) is 1. The summed E-state index contributed by atoms with van der Waals surface area (Å²) in [5, 5.41) is 2.88. The number of benzene rings is 3. The second-order valence-corrected chi connectivity index (χ2v) is 11.9. The van der Waals surface area contributed by atoms with Gasteiger partial charge in [-0.1, -0.05) is 43.2 Å². The van der Waals surface area contributed by atoms with Crippen LogP contribution in [-0.2, 0) is 26.2 Å². The van der Waals surface area contributed by atoms with E-state index in [1.54, 1.807) is 56.5 Å². The monoisotopic (exact) mass is 611 g/mol. The maximum Gasteiger partial charge on any atom is 0.264 e. The van der Waals surface area contributed by atoms with Gasteiger partial charge in [-0.15, -0.1) is 0 Å². The largest absolute Gasteiger partial charge is 0.497 e. The lowest BCUT2D eigenvalue weighted by molar-refractivity contribution is -0.139. The smallest absolute Gasteiger partial charge is 0.264 e. The van der Waals surface area contributed by atoms with E-state index in [0.717, 1.165) is 28.3 Å². The fourth-order valence-corrected chi connectivity index (χ4v) is 5.84. The molecule has 0 bridgehead atoms. The Labute approximate surface area is 254 Å². The van der Waals surface area contributed by atoms with Gasteiger partial charge in [0, 0.05) is 19.2 Å². The van der Waals surface area contributed by atoms with Crippen molar-refractivity contribution >= 4 is 27.5 Å². The summed E-state index contributed by atoms with van der Waals surface area (Å²) >= 11 is 0. The van der Waals surface area contributed by atoms with Crippen LogP contribution in [0.15, 0.2) is 71.6 Å². The number of hydrogen-bond acceptors (Lipinski definition) is 7. The van der Waals surface area contributed by atoms with Crippen LogP contribution in [0.1, 0.15) is 37.8 Å². The third-order valence-electron chi connectivity index (χ3n) is 7.03. The zero-order chi connectivity index (χ0) is 31.6. The second kappa shape index (κ2) is 15.3. The van der Waals surface area contributed by atoms with E-state index < -0.39 is 28.5 Å². The Bertz CT molecular complexity index is 1490. The van der Waals surface area contributed by atoms with E-state index in [2.05, 4.69) is 5.32 Å². The molecular weight excluding hydrogens is 570 g/mol. The first-order valence-electron chi connectivity index (χ1n) is 14.1. The van der Waals surface area contributed by atoms with Gasteiger partial charge in [0.05, 0.1) is 31.9 Å². The molecule has 3 aromatic rings. The normalized spacial score (nSPS) is 11.8. The van der Waals surface area contributed by atoms with Gasteiger partial charge in [0.25, 0.3) is 10.0 Å². The van der Waals surface area contributed by atoms with E-state index in [1.165, 1.54) is 37.3 Å². The highest BCUT2D eigenvalue weighted by atomic mass is 32.2. The molecule has 0 radical (unpaired) electrons. The molecule has 2 amide bonds. The summed E-state index contributed by atoms with van der Waals surface area (Å²) in [6.07, 6.45) is 1.70. The number of methoxy groups -OCH3 is 3. The Hall–Kier alpha value is -4.25. The lowest BCUT2D eigenvalue weighted by Crippen LogP contribution is -2.51. The Balaban J connectivity index is 2.07. The van der Waals surface area contributed by atoms with Crippen LogP contribution in [0.3, 0.4) is 0 Å². The molecule has 0 aliphatic rings. The number of sulfonamides is 1. The highest BCUT2D eigenvalue weighted by Gasteiger charge is 2.33. The molecule has 0 saturated heterocycles. The van der Waals surface area contributed by atoms with Crippen LogP contribution in [0.4, 0.5) is 5.69 Å². The molecular formula is C32H41N3O7S. The first-order chi connectivity index (χ1) is 20.5. The molecule has 232 valence electrons. The van der Waals surface area contributed by atoms with Gasteiger partial charge < -0.3 is 24.4 Å². The highest BCUT2D eigenvalue weighted by Crippen LogP contribution is 2.34. The van der Waals surface area contributed by atoms with Crippen LogP contribution in [0.2, 0.25) is 0 Å². The summed E-state index contributed by atoms with van der Waals surface area (Å²) in [5.41, 5.74) is 1.81. The average Bonchev–Trinajstić information content (AvgIpc) is 3.01. The van der Waals surface area contributed by atoms with Crippen LogP contribution in [0.25, 0.3) is 0 Å². The predicted molar refractivity (Wildman–Crippen MR) is 166 cm³/mol. The van der Waals surface area contributed by atoms with E-state index in [9.17, 15) is 18.0 Å². The molecule has 0 aliphatic carbocycles. The van der Waals surface area contributed by atoms with Crippen molar-refractivity contribution in [2.75, 3.05) is 38.7 Å². The summed E-state index contributed by atoms with van der Waals surface area (Å²) in [6.45, 7) is 5.47. The van der Waals surface area contributed by atoms with Crippen LogP contribution in [0.5, 0.6) is 17.2 Å². The van der Waals surface area contributed by atoms with Crippen molar-refractivity contribution in [2.24, 2.45) is 0 Å². The summed E-state index contributed by atoms with van der Waals surface area (Å²) in [5.74, 6) is 0.407. The maximum atomic E-state index is 14.1. The van der Waals surface area contributed by atoms with Crippen molar-refractivity contribution in [2.45, 2.75) is 51.1 Å². The fourth-order valence-electron chi connectivity index (χ4n) is 4.43. The van der Waals surface area contributed by atoms with Crippen LogP contribution < -0.4 is 23.8 Å². The third kappa shape index (κ3) is 8.41. The second-order valence-electron chi connectivity index (χ2n) is 10.1. The average molecular weight is 612 g/mol. The predicted octanol–water partition coefficient (Wildman–Crippen LogP) is 4.55. The summed E-state index contributed by atoms with van der Waals surface area (Å²) in [4.78, 5) is 28.7. The third-order valence-corrected chi connectivity index (χ3v) is 8.81. The molecule has 0 aromatic heterocycles. The number of nitrogens with zero attached hydrogens (tertiary/aromatic N) is 2. The quantitative estimate of drug-likeness (QED) is 0.251. The number of amides is 2. The van der Waals surface area contributed by atoms with E-state index >= 15 is 0 Å². The van der Waals surface area contributed by atoms with Crippen LogP contribution >= 0.6 is 0 Å². The zero-order valence-corrected chi connectivity index (χ0v) is 26.4. The van der Waals surface area contributed by atoms with Crippen molar-refractivity contribution in [1.29, 1.82) is 0 Å². The van der Waals surface area contributed by atoms with Gasteiger partial charge in [0.2, 0.25) is 11.8 Å². The lowest BCUT2D eigenvalue weighted by Gasteiger charge is -2.32. The van der Waals surface area contributed by atoms with Gasteiger partial charge in [0.15, 0.2) is 11.5 Å². The van der Waals surface area contributed by atoms with Crippen molar-refractivity contribution in [3.05, 3.63) is 77.9 Å². The lowest BCUT2D eigenvalue weighted by atomic mass is 10.1. The summed E-state index contributed by atoms with van der Waals surface area (Å²) < 4.78 is 45.3. The molecule has 10 nitrogen and oxygen atoms in total. The minimum atomic E-state index is -4.22. The van der Waals surface area contributed by atoms with Gasteiger partial charge in [-0.25, -0.2) is 8.42 Å². The van der Waals surface area contributed by atoms with Crippen molar-refractivity contribution in [1.82, 2.24) is 10.2 Å². The number of carbonyl (C=O) groups is 2. The number of anilines is 1. The Morgan fingerprint density at radius 3 is 2.23 bits per heavy atom.